The van der Waals surface area contributed by atoms with Crippen molar-refractivity contribution in [3.8, 4) is 0 Å². The lowest BCUT2D eigenvalue weighted by atomic mass is 9.83. The van der Waals surface area contributed by atoms with Crippen LogP contribution in [-0.2, 0) is 19.1 Å². The van der Waals surface area contributed by atoms with Gasteiger partial charge in [0.1, 0.15) is 11.7 Å². The minimum atomic E-state index is -0.732. The van der Waals surface area contributed by atoms with E-state index in [4.69, 9.17) is 9.47 Å². The van der Waals surface area contributed by atoms with Gasteiger partial charge in [0.25, 0.3) is 0 Å². The van der Waals surface area contributed by atoms with Crippen LogP contribution < -0.4 is 0 Å². The first-order valence-electron chi connectivity index (χ1n) is 7.30. The van der Waals surface area contributed by atoms with Crippen LogP contribution in [0.5, 0.6) is 0 Å². The number of hydrogen-bond acceptors (Lipinski definition) is 4. The summed E-state index contributed by atoms with van der Waals surface area (Å²) in [5.74, 6) is -1.12. The lowest BCUT2D eigenvalue weighted by molar-refractivity contribution is -0.171. The van der Waals surface area contributed by atoms with Crippen LogP contribution in [0.15, 0.2) is 0 Å². The summed E-state index contributed by atoms with van der Waals surface area (Å²) >= 11 is 0. The van der Waals surface area contributed by atoms with Crippen molar-refractivity contribution in [3.63, 3.8) is 0 Å². The van der Waals surface area contributed by atoms with Crippen molar-refractivity contribution in [2.24, 2.45) is 11.8 Å². The normalized spacial score (nSPS) is 31.9. The summed E-state index contributed by atoms with van der Waals surface area (Å²) in [6.07, 6.45) is 5.85. The summed E-state index contributed by atoms with van der Waals surface area (Å²) in [4.78, 5) is 24.1. The Kier molecular flexibility index (Phi) is 4.16. The van der Waals surface area contributed by atoms with Gasteiger partial charge in [-0.05, 0) is 58.8 Å². The zero-order valence-corrected chi connectivity index (χ0v) is 12.1. The maximum atomic E-state index is 12.1. The molecule has 0 N–H and O–H groups in total. The Morgan fingerprint density at radius 1 is 1.16 bits per heavy atom. The number of carbonyl (C=O) groups excluding carboxylic acids is 2. The molecule has 3 atom stereocenters. The summed E-state index contributed by atoms with van der Waals surface area (Å²) in [5, 5.41) is 0. The molecule has 2 aliphatic rings. The third-order valence-corrected chi connectivity index (χ3v) is 3.91. The Hall–Kier alpha value is -1.06. The monoisotopic (exact) mass is 268 g/mol. The van der Waals surface area contributed by atoms with E-state index in [0.29, 0.717) is 12.3 Å². The molecule has 4 heteroatoms. The van der Waals surface area contributed by atoms with Gasteiger partial charge in [0.2, 0.25) is 0 Å². The smallest absolute Gasteiger partial charge is 0.320 e. The van der Waals surface area contributed by atoms with Crippen LogP contribution in [0.25, 0.3) is 0 Å². The third-order valence-electron chi connectivity index (χ3n) is 3.91. The molecule has 1 aliphatic heterocycles. The van der Waals surface area contributed by atoms with Crippen LogP contribution in [0.1, 0.15) is 59.3 Å². The molecule has 0 aromatic carbocycles. The predicted molar refractivity (Wildman–Crippen MR) is 70.4 cm³/mol. The number of hydrogen-bond donors (Lipinski definition) is 0. The summed E-state index contributed by atoms with van der Waals surface area (Å²) in [6, 6.07) is 0. The standard InChI is InChI=1S/C15H24O4/c1-15(2,3)19-14(17)11-9-8-10-6-4-5-7-12(10)18-13(11)16/h10-12H,4-9H2,1-3H3. The van der Waals surface area contributed by atoms with Crippen molar-refractivity contribution < 1.29 is 19.1 Å². The van der Waals surface area contributed by atoms with E-state index < -0.39 is 17.5 Å². The highest BCUT2D eigenvalue weighted by Crippen LogP contribution is 2.35. The molecule has 1 heterocycles. The van der Waals surface area contributed by atoms with E-state index in [1.165, 1.54) is 6.42 Å². The van der Waals surface area contributed by atoms with E-state index in [9.17, 15) is 9.59 Å². The van der Waals surface area contributed by atoms with Crippen LogP contribution in [0.3, 0.4) is 0 Å². The molecule has 0 spiro atoms. The molecule has 0 aromatic heterocycles. The zero-order valence-electron chi connectivity index (χ0n) is 12.1. The number of esters is 2. The Morgan fingerprint density at radius 3 is 2.53 bits per heavy atom. The summed E-state index contributed by atoms with van der Waals surface area (Å²) in [6.45, 7) is 5.44. The molecule has 3 unspecified atom stereocenters. The lowest BCUT2D eigenvalue weighted by Gasteiger charge is -2.28. The van der Waals surface area contributed by atoms with E-state index in [2.05, 4.69) is 0 Å². The first kappa shape index (κ1) is 14.4. The lowest BCUT2D eigenvalue weighted by Crippen LogP contribution is -2.34. The van der Waals surface area contributed by atoms with Gasteiger partial charge < -0.3 is 9.47 Å². The highest BCUT2D eigenvalue weighted by molar-refractivity contribution is 5.95. The molecule has 2 rings (SSSR count). The minimum Gasteiger partial charge on any atom is -0.461 e. The highest BCUT2D eigenvalue weighted by atomic mass is 16.6. The van der Waals surface area contributed by atoms with Gasteiger partial charge in [0.15, 0.2) is 5.92 Å². The molecule has 1 saturated heterocycles. The van der Waals surface area contributed by atoms with E-state index >= 15 is 0 Å². The van der Waals surface area contributed by atoms with Crippen LogP contribution in [0.2, 0.25) is 0 Å². The van der Waals surface area contributed by atoms with Gasteiger partial charge in [-0.2, -0.15) is 0 Å². The molecule has 4 nitrogen and oxygen atoms in total. The second-order valence-electron chi connectivity index (χ2n) is 6.68. The predicted octanol–water partition coefficient (Wildman–Crippen LogP) is 2.84. The van der Waals surface area contributed by atoms with E-state index in [-0.39, 0.29) is 12.1 Å². The molecular weight excluding hydrogens is 244 g/mol. The van der Waals surface area contributed by atoms with Crippen molar-refractivity contribution >= 4 is 11.9 Å². The Morgan fingerprint density at radius 2 is 1.84 bits per heavy atom. The van der Waals surface area contributed by atoms with Gasteiger partial charge in [-0.1, -0.05) is 6.42 Å². The van der Waals surface area contributed by atoms with Crippen molar-refractivity contribution in [3.05, 3.63) is 0 Å². The van der Waals surface area contributed by atoms with Crippen molar-refractivity contribution in [1.29, 1.82) is 0 Å². The number of fused-ring (bicyclic) bond motifs is 1. The van der Waals surface area contributed by atoms with Crippen molar-refractivity contribution in [2.45, 2.75) is 71.0 Å². The Bertz CT molecular complexity index is 356. The van der Waals surface area contributed by atoms with Crippen LogP contribution in [-0.4, -0.2) is 23.6 Å². The van der Waals surface area contributed by atoms with E-state index in [0.717, 1.165) is 25.7 Å². The molecule has 0 bridgehead atoms. The quantitative estimate of drug-likeness (QED) is 0.542. The molecule has 0 aromatic rings. The van der Waals surface area contributed by atoms with Gasteiger partial charge in [-0.3, -0.25) is 9.59 Å². The topological polar surface area (TPSA) is 52.6 Å². The second-order valence-corrected chi connectivity index (χ2v) is 6.68. The molecular formula is C15H24O4. The first-order chi connectivity index (χ1) is 8.87. The number of rotatable bonds is 1. The first-order valence-corrected chi connectivity index (χ1v) is 7.30. The summed E-state index contributed by atoms with van der Waals surface area (Å²) < 4.78 is 10.8. The fraction of sp³-hybridized carbons (Fsp3) is 0.867. The molecule has 108 valence electrons. The third kappa shape index (κ3) is 3.71. The Labute approximate surface area is 114 Å². The minimum absolute atomic E-state index is 0.0219. The highest BCUT2D eigenvalue weighted by Gasteiger charge is 2.40. The van der Waals surface area contributed by atoms with Gasteiger partial charge in [0.05, 0.1) is 0 Å². The molecule has 1 saturated carbocycles. The molecule has 0 amide bonds. The van der Waals surface area contributed by atoms with Crippen LogP contribution >= 0.6 is 0 Å². The summed E-state index contributed by atoms with van der Waals surface area (Å²) in [5.41, 5.74) is -0.559. The molecule has 2 fully saturated rings. The van der Waals surface area contributed by atoms with Crippen molar-refractivity contribution in [1.82, 2.24) is 0 Å². The van der Waals surface area contributed by atoms with E-state index in [1.54, 1.807) is 0 Å². The van der Waals surface area contributed by atoms with Gasteiger partial charge in [-0.25, -0.2) is 0 Å². The Balaban J connectivity index is 2.02. The summed E-state index contributed by atoms with van der Waals surface area (Å²) in [7, 11) is 0. The van der Waals surface area contributed by atoms with Crippen molar-refractivity contribution in [2.75, 3.05) is 0 Å². The average molecular weight is 268 g/mol. The van der Waals surface area contributed by atoms with Gasteiger partial charge >= 0.3 is 11.9 Å². The molecule has 0 radical (unpaired) electrons. The maximum Gasteiger partial charge on any atom is 0.320 e. The molecule has 19 heavy (non-hydrogen) atoms. The van der Waals surface area contributed by atoms with Gasteiger partial charge in [-0.15, -0.1) is 0 Å². The number of carbonyl (C=O) groups is 2. The second kappa shape index (κ2) is 5.51. The van der Waals surface area contributed by atoms with E-state index in [1.807, 2.05) is 20.8 Å². The van der Waals surface area contributed by atoms with Crippen LogP contribution in [0, 0.1) is 11.8 Å². The van der Waals surface area contributed by atoms with Gasteiger partial charge in [0, 0.05) is 0 Å². The fourth-order valence-corrected chi connectivity index (χ4v) is 2.98. The fourth-order valence-electron chi connectivity index (χ4n) is 2.98. The average Bonchev–Trinajstić information content (AvgIpc) is 2.44. The number of ether oxygens (including phenoxy) is 2. The molecule has 1 aliphatic carbocycles. The zero-order chi connectivity index (χ0) is 14.0. The SMILES string of the molecule is CC(C)(C)OC(=O)C1CCC2CCCCC2OC1=O. The largest absolute Gasteiger partial charge is 0.461 e. The van der Waals surface area contributed by atoms with Crippen LogP contribution in [0.4, 0.5) is 0 Å². The maximum absolute atomic E-state index is 12.1.